The van der Waals surface area contributed by atoms with E-state index >= 15 is 0 Å². The molecule has 4 aliphatic rings. The molecule has 8 atom stereocenters. The summed E-state index contributed by atoms with van der Waals surface area (Å²) in [7, 11) is 0. The summed E-state index contributed by atoms with van der Waals surface area (Å²) < 4.78 is 43.9. The van der Waals surface area contributed by atoms with Crippen LogP contribution < -0.4 is 0 Å². The van der Waals surface area contributed by atoms with Gasteiger partial charge < -0.3 is 34.2 Å². The van der Waals surface area contributed by atoms with Gasteiger partial charge in [-0.2, -0.15) is 0 Å². The zero-order valence-electron chi connectivity index (χ0n) is 31.2. The van der Waals surface area contributed by atoms with Gasteiger partial charge in [-0.3, -0.25) is 0 Å². The molecule has 0 radical (unpaired) electrons. The largest absolute Gasteiger partial charge is 0.478 e. The van der Waals surface area contributed by atoms with Gasteiger partial charge in [0.05, 0.1) is 17.2 Å². The number of carboxylic acid groups (broad SMARTS) is 1. The SMILES string of the molecule is O=C(O)c1ccccc1.O=C(OCc1ccccc1)N1C[C@@H]2C[C@@H](F)[C@H](O)[C@@H]2C1.O=C(O[C@H]1[C@@H]2CN(C(=O)OCc3ccccc3)C[C@@H]2C[C@H]1F)c1ccccc1. The van der Waals surface area contributed by atoms with Crippen LogP contribution in [0.1, 0.15) is 44.7 Å². The molecule has 8 rings (SSSR count). The van der Waals surface area contributed by atoms with E-state index in [4.69, 9.17) is 19.3 Å². The standard InChI is InChI=1S/C22H22FNO4.C15H18FNO3.C7H6O2/c23-19-11-17-12-24(22(26)27-14-15-7-3-1-4-8-15)13-18(17)20(19)28-21(25)16-9-5-2-6-10-16;16-13-6-11-7-17(8-12(11)14(13)18)15(19)20-9-10-4-2-1-3-5-10;8-7(9)6-4-2-1-3-5-6/h1-10,17-20H,11-14H2;1-5,11-14,18H,6-9H2;1-5H,(H,8,9)/t17-,18+,19+,20-;11-,12+,13+,14+;/m00./s1. The monoisotopic (exact) mass is 784 g/mol. The fourth-order valence-corrected chi connectivity index (χ4v) is 7.87. The fourth-order valence-electron chi connectivity index (χ4n) is 7.87. The van der Waals surface area contributed by atoms with Crippen molar-refractivity contribution in [3.63, 3.8) is 0 Å². The summed E-state index contributed by atoms with van der Waals surface area (Å²) in [4.78, 5) is 50.0. The number of carbonyl (C=O) groups is 4. The topological polar surface area (TPSA) is 143 Å². The first-order chi connectivity index (χ1) is 27.6. The first-order valence-corrected chi connectivity index (χ1v) is 19.0. The molecule has 0 aromatic heterocycles. The number of aliphatic hydroxyl groups is 1. The Labute approximate surface area is 329 Å². The van der Waals surface area contributed by atoms with Crippen molar-refractivity contribution in [3.8, 4) is 0 Å². The second-order valence-corrected chi connectivity index (χ2v) is 14.6. The highest BCUT2D eigenvalue weighted by atomic mass is 19.1. The van der Waals surface area contributed by atoms with Gasteiger partial charge in [0.15, 0.2) is 0 Å². The van der Waals surface area contributed by atoms with Gasteiger partial charge in [0.1, 0.15) is 31.7 Å². The molecule has 2 saturated carbocycles. The van der Waals surface area contributed by atoms with Gasteiger partial charge in [-0.25, -0.2) is 28.0 Å². The average molecular weight is 785 g/mol. The Hall–Kier alpha value is -5.82. The van der Waals surface area contributed by atoms with Gasteiger partial charge in [0.25, 0.3) is 0 Å². The molecule has 13 heteroatoms. The molecule has 4 aromatic rings. The van der Waals surface area contributed by atoms with Crippen molar-refractivity contribution in [1.82, 2.24) is 9.80 Å². The number of amides is 2. The van der Waals surface area contributed by atoms with Crippen LogP contribution in [0.4, 0.5) is 18.4 Å². The zero-order chi connectivity index (χ0) is 40.3. The zero-order valence-corrected chi connectivity index (χ0v) is 31.2. The lowest BCUT2D eigenvalue weighted by atomic mass is 9.99. The normalized spacial score (nSPS) is 25.5. The summed E-state index contributed by atoms with van der Waals surface area (Å²) in [6.45, 7) is 2.07. The maximum absolute atomic E-state index is 14.5. The number of carboxylic acids is 1. The number of carbonyl (C=O) groups excluding carboxylic acids is 3. The summed E-state index contributed by atoms with van der Waals surface area (Å²) in [6, 6.07) is 35.8. The predicted octanol–water partition coefficient (Wildman–Crippen LogP) is 7.20. The van der Waals surface area contributed by atoms with Gasteiger partial charge >= 0.3 is 24.1 Å². The molecule has 2 saturated heterocycles. The Bertz CT molecular complexity index is 1930. The number of esters is 1. The Balaban J connectivity index is 0.000000164. The van der Waals surface area contributed by atoms with Crippen LogP contribution >= 0.6 is 0 Å². The van der Waals surface area contributed by atoms with Crippen LogP contribution in [-0.4, -0.2) is 94.9 Å². The van der Waals surface area contributed by atoms with Gasteiger partial charge in [-0.05, 0) is 60.1 Å². The van der Waals surface area contributed by atoms with Crippen LogP contribution in [0, 0.1) is 23.7 Å². The number of likely N-dealkylation sites (tertiary alicyclic amines) is 2. The van der Waals surface area contributed by atoms with Crippen LogP contribution in [-0.2, 0) is 27.4 Å². The van der Waals surface area contributed by atoms with Gasteiger partial charge in [-0.1, -0.05) is 97.1 Å². The molecule has 2 heterocycles. The average Bonchev–Trinajstić information content (AvgIpc) is 3.99. The third kappa shape index (κ3) is 10.7. The number of alkyl halides is 2. The summed E-state index contributed by atoms with van der Waals surface area (Å²) in [5.41, 5.74) is 2.57. The molecule has 2 N–H and O–H groups in total. The second kappa shape index (κ2) is 19.4. The van der Waals surface area contributed by atoms with E-state index in [2.05, 4.69) is 0 Å². The Morgan fingerprint density at radius 1 is 0.579 bits per heavy atom. The van der Waals surface area contributed by atoms with Crippen molar-refractivity contribution < 1.29 is 52.4 Å². The lowest BCUT2D eigenvalue weighted by Gasteiger charge is -2.22. The molecule has 0 bridgehead atoms. The van der Waals surface area contributed by atoms with Crippen LogP contribution in [0.15, 0.2) is 121 Å². The third-order valence-corrected chi connectivity index (χ3v) is 10.8. The molecular weight excluding hydrogens is 738 g/mol. The lowest BCUT2D eigenvalue weighted by molar-refractivity contribution is -0.000544. The van der Waals surface area contributed by atoms with Crippen LogP contribution in [0.5, 0.6) is 0 Å². The molecule has 11 nitrogen and oxygen atoms in total. The van der Waals surface area contributed by atoms with Crippen molar-refractivity contribution in [2.45, 2.75) is 50.6 Å². The highest BCUT2D eigenvalue weighted by molar-refractivity contribution is 5.89. The van der Waals surface area contributed by atoms with Gasteiger partial charge in [-0.15, -0.1) is 0 Å². The van der Waals surface area contributed by atoms with Crippen LogP contribution in [0.2, 0.25) is 0 Å². The van der Waals surface area contributed by atoms with Crippen molar-refractivity contribution in [3.05, 3.63) is 144 Å². The molecule has 300 valence electrons. The van der Waals surface area contributed by atoms with Crippen LogP contribution in [0.3, 0.4) is 0 Å². The van der Waals surface area contributed by atoms with E-state index in [1.54, 1.807) is 70.5 Å². The number of aliphatic hydroxyl groups excluding tert-OH is 1. The molecule has 57 heavy (non-hydrogen) atoms. The Kier molecular flexibility index (Phi) is 13.9. The number of hydrogen-bond donors (Lipinski definition) is 2. The molecule has 2 aliphatic carbocycles. The van der Waals surface area contributed by atoms with Crippen molar-refractivity contribution in [1.29, 1.82) is 0 Å². The van der Waals surface area contributed by atoms with Gasteiger partial charge in [0.2, 0.25) is 0 Å². The van der Waals surface area contributed by atoms with E-state index in [0.29, 0.717) is 50.1 Å². The highest BCUT2D eigenvalue weighted by Gasteiger charge is 2.52. The number of aromatic carboxylic acids is 1. The lowest BCUT2D eigenvalue weighted by Crippen LogP contribution is -2.35. The summed E-state index contributed by atoms with van der Waals surface area (Å²) in [6.07, 6.45) is -4.28. The number of benzene rings is 4. The number of rotatable bonds is 7. The third-order valence-electron chi connectivity index (χ3n) is 10.8. The van der Waals surface area contributed by atoms with E-state index < -0.39 is 42.6 Å². The predicted molar refractivity (Wildman–Crippen MR) is 204 cm³/mol. The van der Waals surface area contributed by atoms with E-state index in [1.165, 1.54) is 0 Å². The maximum Gasteiger partial charge on any atom is 0.410 e. The van der Waals surface area contributed by atoms with Crippen molar-refractivity contribution in [2.75, 3.05) is 26.2 Å². The quantitative estimate of drug-likeness (QED) is 0.147. The van der Waals surface area contributed by atoms with E-state index in [1.807, 2.05) is 60.7 Å². The molecular formula is C44H46F2N2O9. The first-order valence-electron chi connectivity index (χ1n) is 19.0. The highest BCUT2D eigenvalue weighted by Crippen LogP contribution is 2.42. The molecule has 0 spiro atoms. The molecule has 4 aromatic carbocycles. The van der Waals surface area contributed by atoms with E-state index in [-0.39, 0.29) is 43.0 Å². The molecule has 4 fully saturated rings. The number of halogens is 2. The minimum Gasteiger partial charge on any atom is -0.478 e. The minimum absolute atomic E-state index is 0.0205. The maximum atomic E-state index is 14.5. The number of fused-ring (bicyclic) bond motifs is 2. The Morgan fingerprint density at radius 3 is 1.46 bits per heavy atom. The summed E-state index contributed by atoms with van der Waals surface area (Å²) in [5.74, 6) is -1.71. The summed E-state index contributed by atoms with van der Waals surface area (Å²) >= 11 is 0. The van der Waals surface area contributed by atoms with Crippen LogP contribution in [0.25, 0.3) is 0 Å². The fraction of sp³-hybridized carbons (Fsp3) is 0.364. The number of nitrogens with zero attached hydrogens (tertiary/aromatic N) is 2. The van der Waals surface area contributed by atoms with Gasteiger partial charge in [0, 0.05) is 38.0 Å². The van der Waals surface area contributed by atoms with Crippen molar-refractivity contribution >= 4 is 24.1 Å². The second-order valence-electron chi connectivity index (χ2n) is 14.6. The minimum atomic E-state index is -1.20. The van der Waals surface area contributed by atoms with E-state index in [0.717, 1.165) is 11.1 Å². The van der Waals surface area contributed by atoms with Crippen molar-refractivity contribution in [2.24, 2.45) is 23.7 Å². The molecule has 0 unspecified atom stereocenters. The molecule has 2 amide bonds. The van der Waals surface area contributed by atoms with E-state index in [9.17, 15) is 33.1 Å². The number of hydrogen-bond acceptors (Lipinski definition) is 8. The summed E-state index contributed by atoms with van der Waals surface area (Å²) in [5, 5.41) is 18.1. The molecule has 2 aliphatic heterocycles. The smallest absolute Gasteiger partial charge is 0.410 e. The Morgan fingerprint density at radius 2 is 1.00 bits per heavy atom. The number of ether oxygens (including phenoxy) is 3. The first kappa shape index (κ1) is 40.8.